The summed E-state index contributed by atoms with van der Waals surface area (Å²) < 4.78 is 28.7. The molecule has 3 aromatic rings. The van der Waals surface area contributed by atoms with Gasteiger partial charge in [-0.15, -0.1) is 0 Å². The van der Waals surface area contributed by atoms with Crippen molar-refractivity contribution in [2.45, 2.75) is 17.3 Å². The summed E-state index contributed by atoms with van der Waals surface area (Å²) >= 11 is 12.5. The van der Waals surface area contributed by atoms with Crippen LogP contribution in [-0.4, -0.2) is 43.8 Å². The van der Waals surface area contributed by atoms with E-state index in [2.05, 4.69) is 5.32 Å². The summed E-state index contributed by atoms with van der Waals surface area (Å²) in [6.07, 6.45) is -1.08. The van der Waals surface area contributed by atoms with Crippen LogP contribution in [0.2, 0.25) is 10.0 Å². The third kappa shape index (κ3) is 3.38. The number of ether oxygens (including phenoxy) is 5. The number of carbonyl (C=O) groups is 3. The van der Waals surface area contributed by atoms with E-state index in [0.29, 0.717) is 38.9 Å². The zero-order valence-electron chi connectivity index (χ0n) is 20.9. The molecule has 1 aliphatic carbocycles. The lowest BCUT2D eigenvalue weighted by atomic mass is 9.71. The Balaban J connectivity index is 1.38. The lowest BCUT2D eigenvalue weighted by Crippen LogP contribution is -2.55. The number of anilines is 1. The zero-order valence-corrected chi connectivity index (χ0v) is 22.5. The van der Waals surface area contributed by atoms with E-state index in [0.717, 1.165) is 0 Å². The smallest absolute Gasteiger partial charge is 0.313 e. The molecule has 1 N–H and O–H groups in total. The Bertz CT molecular complexity index is 1600. The van der Waals surface area contributed by atoms with Gasteiger partial charge < -0.3 is 29.0 Å². The molecule has 3 aromatic carbocycles. The number of methoxy groups -OCH3 is 1. The highest BCUT2D eigenvalue weighted by molar-refractivity contribution is 6.42. The number of benzene rings is 3. The number of rotatable bonds is 4. The van der Waals surface area contributed by atoms with Gasteiger partial charge in [-0.2, -0.15) is 0 Å². The van der Waals surface area contributed by atoms with Crippen LogP contribution in [0.4, 0.5) is 5.69 Å². The molecule has 5 atom stereocenters. The molecule has 0 aromatic heterocycles. The molecule has 4 aliphatic rings. The second-order valence-electron chi connectivity index (χ2n) is 10.0. The van der Waals surface area contributed by atoms with Gasteiger partial charge in [0.25, 0.3) is 0 Å². The van der Waals surface area contributed by atoms with Crippen molar-refractivity contribution in [3.8, 4) is 11.5 Å². The number of ketones is 1. The minimum Gasteiger partial charge on any atom is -0.469 e. The molecular weight excluding hydrogens is 561 g/mol. The maximum atomic E-state index is 14.2. The van der Waals surface area contributed by atoms with Crippen molar-refractivity contribution in [3.05, 3.63) is 87.4 Å². The first-order valence-corrected chi connectivity index (χ1v) is 13.3. The number of halogens is 2. The monoisotopic (exact) mass is 581 g/mol. The molecule has 1 amide bonds. The number of carbonyl (C=O) groups excluding carboxylic acids is 3. The van der Waals surface area contributed by atoms with E-state index in [1.165, 1.54) is 7.11 Å². The average molecular weight is 582 g/mol. The van der Waals surface area contributed by atoms with Crippen LogP contribution in [0, 0.1) is 11.8 Å². The Morgan fingerprint density at radius 3 is 2.52 bits per heavy atom. The second-order valence-corrected chi connectivity index (χ2v) is 10.8. The average Bonchev–Trinajstić information content (AvgIpc) is 3.42. The van der Waals surface area contributed by atoms with Crippen molar-refractivity contribution in [1.82, 2.24) is 0 Å². The van der Waals surface area contributed by atoms with E-state index in [1.807, 2.05) is 0 Å². The number of amides is 1. The largest absolute Gasteiger partial charge is 0.469 e. The van der Waals surface area contributed by atoms with Crippen LogP contribution in [-0.2, 0) is 29.4 Å². The van der Waals surface area contributed by atoms with Crippen molar-refractivity contribution < 1.29 is 38.1 Å². The minimum atomic E-state index is -1.85. The lowest BCUT2D eigenvalue weighted by molar-refractivity contribution is -0.155. The van der Waals surface area contributed by atoms with Gasteiger partial charge in [0.1, 0.15) is 5.92 Å². The maximum absolute atomic E-state index is 14.2. The summed E-state index contributed by atoms with van der Waals surface area (Å²) in [6.45, 7) is 0.203. The van der Waals surface area contributed by atoms with Gasteiger partial charge >= 0.3 is 5.97 Å². The Morgan fingerprint density at radius 1 is 1.00 bits per heavy atom. The molecule has 3 unspecified atom stereocenters. The highest BCUT2D eigenvalue weighted by atomic mass is 35.5. The maximum Gasteiger partial charge on any atom is 0.313 e. The fourth-order valence-electron chi connectivity index (χ4n) is 6.27. The number of esters is 1. The molecule has 2 fully saturated rings. The molecule has 11 heteroatoms. The number of epoxide rings is 1. The summed E-state index contributed by atoms with van der Waals surface area (Å²) in [5.74, 6) is -3.34. The van der Waals surface area contributed by atoms with Gasteiger partial charge in [-0.3, -0.25) is 14.4 Å². The van der Waals surface area contributed by atoms with Crippen LogP contribution in [0.1, 0.15) is 27.6 Å². The van der Waals surface area contributed by atoms with Crippen molar-refractivity contribution >= 4 is 46.5 Å². The molecule has 204 valence electrons. The van der Waals surface area contributed by atoms with E-state index in [-0.39, 0.29) is 18.4 Å². The van der Waals surface area contributed by atoms with E-state index in [4.69, 9.17) is 46.9 Å². The van der Waals surface area contributed by atoms with Crippen LogP contribution in [0.5, 0.6) is 11.5 Å². The van der Waals surface area contributed by atoms with Gasteiger partial charge in [-0.1, -0.05) is 53.5 Å². The highest BCUT2D eigenvalue weighted by Crippen LogP contribution is 2.66. The molecule has 2 spiro atoms. The van der Waals surface area contributed by atoms with Gasteiger partial charge in [0.2, 0.25) is 12.7 Å². The molecule has 3 heterocycles. The summed E-state index contributed by atoms with van der Waals surface area (Å²) in [5.41, 5.74) is -1.24. The third-order valence-corrected chi connectivity index (χ3v) is 8.82. The van der Waals surface area contributed by atoms with Gasteiger partial charge in [-0.25, -0.2) is 0 Å². The number of hydrogen-bond donors (Lipinski definition) is 1. The highest BCUT2D eigenvalue weighted by Gasteiger charge is 2.81. The van der Waals surface area contributed by atoms with E-state index < -0.39 is 46.8 Å². The van der Waals surface area contributed by atoms with Gasteiger partial charge in [0, 0.05) is 22.9 Å². The quantitative estimate of drug-likeness (QED) is 0.348. The summed E-state index contributed by atoms with van der Waals surface area (Å²) in [4.78, 5) is 42.0. The van der Waals surface area contributed by atoms with Crippen LogP contribution in [0.15, 0.2) is 60.7 Å². The van der Waals surface area contributed by atoms with E-state index in [9.17, 15) is 14.4 Å². The minimum absolute atomic E-state index is 0.0697. The Kier molecular flexibility index (Phi) is 5.66. The number of fused-ring (bicyclic) bond motifs is 4. The number of hydrogen-bond acceptors (Lipinski definition) is 8. The molecule has 9 nitrogen and oxygen atoms in total. The van der Waals surface area contributed by atoms with Crippen LogP contribution >= 0.6 is 23.2 Å². The summed E-state index contributed by atoms with van der Waals surface area (Å²) in [6, 6.07) is 16.7. The van der Waals surface area contributed by atoms with Crippen LogP contribution < -0.4 is 14.8 Å². The predicted molar refractivity (Wildman–Crippen MR) is 142 cm³/mol. The topological polar surface area (TPSA) is 113 Å². The normalized spacial score (nSPS) is 29.1. The Labute approximate surface area is 238 Å². The fraction of sp³-hybridized carbons (Fsp3) is 0.276. The molecule has 3 aliphatic heterocycles. The molecular formula is C29H21Cl2NO8. The van der Waals surface area contributed by atoms with Crippen molar-refractivity contribution in [2.24, 2.45) is 11.8 Å². The SMILES string of the molecule is COC(=O)C1C(C(=O)Nc2ccc3c(c2)OCO3)C(c2ccc(Cl)c(Cl)c2)O[C@@]12C(=O)c1ccccc1[C@@]21CO1. The first-order valence-electron chi connectivity index (χ1n) is 12.5. The first-order chi connectivity index (χ1) is 19.3. The molecule has 0 radical (unpaired) electrons. The molecule has 7 rings (SSSR count). The third-order valence-electron chi connectivity index (χ3n) is 8.08. The Hall–Kier alpha value is -3.63. The summed E-state index contributed by atoms with van der Waals surface area (Å²) in [7, 11) is 1.21. The van der Waals surface area contributed by atoms with Gasteiger partial charge in [0.05, 0.1) is 35.8 Å². The lowest BCUT2D eigenvalue weighted by Gasteiger charge is -2.32. The fourth-order valence-corrected chi connectivity index (χ4v) is 6.57. The standard InChI is InChI=1S/C29H21Cl2NO8/c1-36-27(35)23-22(26(34)32-15-7-9-20-21(11-15)38-13-37-20)24(14-6-8-18(30)19(31)10-14)40-29(23)25(33)16-4-2-3-5-17(16)28(29)12-39-28/h2-11,22-24H,12-13H2,1H3,(H,32,34)/t22?,23?,24?,28-,29+/m0/s1. The number of nitrogens with one attached hydrogen (secondary N) is 1. The second kappa shape index (κ2) is 8.94. The summed E-state index contributed by atoms with van der Waals surface area (Å²) in [5, 5.41) is 3.39. The zero-order chi connectivity index (χ0) is 27.8. The van der Waals surface area contributed by atoms with Crippen LogP contribution in [0.3, 0.4) is 0 Å². The molecule has 0 saturated carbocycles. The Morgan fingerprint density at radius 2 is 1.77 bits per heavy atom. The van der Waals surface area contributed by atoms with Gasteiger partial charge in [-0.05, 0) is 29.8 Å². The van der Waals surface area contributed by atoms with Crippen molar-refractivity contribution in [2.75, 3.05) is 25.8 Å². The molecule has 2 saturated heterocycles. The first kappa shape index (κ1) is 25.3. The van der Waals surface area contributed by atoms with E-state index in [1.54, 1.807) is 60.7 Å². The van der Waals surface area contributed by atoms with Gasteiger partial charge in [0.15, 0.2) is 28.5 Å². The predicted octanol–water partition coefficient (Wildman–Crippen LogP) is 4.70. The van der Waals surface area contributed by atoms with Crippen molar-refractivity contribution in [1.29, 1.82) is 0 Å². The van der Waals surface area contributed by atoms with Crippen LogP contribution in [0.25, 0.3) is 0 Å². The van der Waals surface area contributed by atoms with E-state index >= 15 is 0 Å². The van der Waals surface area contributed by atoms with Crippen molar-refractivity contribution in [3.63, 3.8) is 0 Å². The molecule has 0 bridgehead atoms. The molecule has 40 heavy (non-hydrogen) atoms. The number of Topliss-reactive ketones (excluding diaryl/α,β-unsaturated/α-hetero) is 1.